The highest BCUT2D eigenvalue weighted by atomic mass is 79.9. The molecule has 110 valence electrons. The second-order valence-corrected chi connectivity index (χ2v) is 5.49. The molecule has 0 spiro atoms. The molecule has 0 bridgehead atoms. The van der Waals surface area contributed by atoms with Gasteiger partial charge in [-0.25, -0.2) is 0 Å². The first-order valence-corrected chi connectivity index (χ1v) is 7.00. The fourth-order valence-electron chi connectivity index (χ4n) is 2.16. The van der Waals surface area contributed by atoms with Gasteiger partial charge in [0.1, 0.15) is 5.75 Å². The standard InChI is InChI=1S/C13H13BrF3NO2/c14-10-6-9(7-11(8-10)20-13(15,16)17)12(19)18-4-2-1-3-5-18/h6-8H,1-5H2. The highest BCUT2D eigenvalue weighted by Crippen LogP contribution is 2.28. The maximum atomic E-state index is 12.2. The van der Waals surface area contributed by atoms with E-state index in [1.165, 1.54) is 12.1 Å². The zero-order valence-corrected chi connectivity index (χ0v) is 12.1. The van der Waals surface area contributed by atoms with Crippen LogP contribution in [-0.4, -0.2) is 30.3 Å². The molecule has 1 saturated heterocycles. The molecule has 3 nitrogen and oxygen atoms in total. The van der Waals surface area contributed by atoms with Crippen LogP contribution in [0.3, 0.4) is 0 Å². The number of rotatable bonds is 2. The van der Waals surface area contributed by atoms with Crippen molar-refractivity contribution in [1.82, 2.24) is 4.90 Å². The molecule has 0 saturated carbocycles. The predicted octanol–water partition coefficient (Wildman–Crippen LogP) is 3.97. The lowest BCUT2D eigenvalue weighted by atomic mass is 10.1. The topological polar surface area (TPSA) is 29.5 Å². The number of halogens is 4. The van der Waals surface area contributed by atoms with E-state index in [1.54, 1.807) is 4.90 Å². The van der Waals surface area contributed by atoms with Crippen LogP contribution in [0.15, 0.2) is 22.7 Å². The molecule has 2 rings (SSSR count). The van der Waals surface area contributed by atoms with Gasteiger partial charge >= 0.3 is 6.36 Å². The van der Waals surface area contributed by atoms with Crippen molar-refractivity contribution >= 4 is 21.8 Å². The van der Waals surface area contributed by atoms with Gasteiger partial charge in [-0.3, -0.25) is 4.79 Å². The highest BCUT2D eigenvalue weighted by Gasteiger charge is 2.31. The van der Waals surface area contributed by atoms with Gasteiger partial charge in [0, 0.05) is 23.1 Å². The number of ether oxygens (including phenoxy) is 1. The fraction of sp³-hybridized carbons (Fsp3) is 0.462. The summed E-state index contributed by atoms with van der Waals surface area (Å²) in [5.41, 5.74) is 0.195. The van der Waals surface area contributed by atoms with Gasteiger partial charge in [-0.15, -0.1) is 13.2 Å². The molecule has 0 aromatic heterocycles. The molecule has 1 aliphatic heterocycles. The first-order chi connectivity index (χ1) is 9.35. The van der Waals surface area contributed by atoms with Crippen LogP contribution in [0.4, 0.5) is 13.2 Å². The minimum Gasteiger partial charge on any atom is -0.406 e. The van der Waals surface area contributed by atoms with Crippen molar-refractivity contribution in [3.05, 3.63) is 28.2 Å². The van der Waals surface area contributed by atoms with E-state index in [1.807, 2.05) is 0 Å². The van der Waals surface area contributed by atoms with Crippen LogP contribution < -0.4 is 4.74 Å². The van der Waals surface area contributed by atoms with E-state index in [-0.39, 0.29) is 11.5 Å². The molecule has 0 unspecified atom stereocenters. The average Bonchev–Trinajstić information content (AvgIpc) is 2.36. The third-order valence-electron chi connectivity index (χ3n) is 3.00. The monoisotopic (exact) mass is 351 g/mol. The molecule has 0 aliphatic carbocycles. The third kappa shape index (κ3) is 4.13. The van der Waals surface area contributed by atoms with E-state index in [9.17, 15) is 18.0 Å². The Morgan fingerprint density at radius 2 is 1.80 bits per heavy atom. The Labute approximate surface area is 122 Å². The summed E-state index contributed by atoms with van der Waals surface area (Å²) in [6.07, 6.45) is -1.85. The minimum atomic E-state index is -4.77. The Hall–Kier alpha value is -1.24. The van der Waals surface area contributed by atoms with Gasteiger partial charge in [-0.05, 0) is 37.5 Å². The molecule has 1 heterocycles. The maximum Gasteiger partial charge on any atom is 0.573 e. The largest absolute Gasteiger partial charge is 0.573 e. The number of piperidine rings is 1. The molecule has 20 heavy (non-hydrogen) atoms. The van der Waals surface area contributed by atoms with Crippen molar-refractivity contribution in [3.63, 3.8) is 0 Å². The highest BCUT2D eigenvalue weighted by molar-refractivity contribution is 9.10. The Morgan fingerprint density at radius 3 is 2.40 bits per heavy atom. The number of amides is 1. The van der Waals surface area contributed by atoms with E-state index in [0.29, 0.717) is 17.6 Å². The zero-order valence-electron chi connectivity index (χ0n) is 10.5. The van der Waals surface area contributed by atoms with Crippen molar-refractivity contribution in [2.75, 3.05) is 13.1 Å². The zero-order chi connectivity index (χ0) is 14.8. The number of carbonyl (C=O) groups is 1. The van der Waals surface area contributed by atoms with Crippen molar-refractivity contribution in [2.45, 2.75) is 25.6 Å². The summed E-state index contributed by atoms with van der Waals surface area (Å²) in [7, 11) is 0. The number of nitrogens with zero attached hydrogens (tertiary/aromatic N) is 1. The van der Waals surface area contributed by atoms with Crippen molar-refractivity contribution in [2.24, 2.45) is 0 Å². The quantitative estimate of drug-likeness (QED) is 0.806. The van der Waals surface area contributed by atoms with Gasteiger partial charge in [0.15, 0.2) is 0 Å². The predicted molar refractivity (Wildman–Crippen MR) is 70.6 cm³/mol. The number of likely N-dealkylation sites (tertiary alicyclic amines) is 1. The molecule has 1 amide bonds. The SMILES string of the molecule is O=C(c1cc(Br)cc(OC(F)(F)F)c1)N1CCCCC1. The van der Waals surface area contributed by atoms with Crippen molar-refractivity contribution < 1.29 is 22.7 Å². The van der Waals surface area contributed by atoms with Crippen LogP contribution in [0.1, 0.15) is 29.6 Å². The Bertz CT molecular complexity index is 499. The summed E-state index contributed by atoms with van der Waals surface area (Å²) in [4.78, 5) is 13.9. The van der Waals surface area contributed by atoms with Gasteiger partial charge in [-0.2, -0.15) is 0 Å². The number of benzene rings is 1. The lowest BCUT2D eigenvalue weighted by Crippen LogP contribution is -2.35. The molecule has 7 heteroatoms. The van der Waals surface area contributed by atoms with Gasteiger partial charge in [0.2, 0.25) is 0 Å². The van der Waals surface area contributed by atoms with Gasteiger partial charge < -0.3 is 9.64 Å². The summed E-state index contributed by atoms with van der Waals surface area (Å²) in [6, 6.07) is 3.80. The van der Waals surface area contributed by atoms with Gasteiger partial charge in [0.25, 0.3) is 5.91 Å². The first kappa shape index (κ1) is 15.2. The van der Waals surface area contributed by atoms with E-state index in [4.69, 9.17) is 0 Å². The van der Waals surface area contributed by atoms with Crippen molar-refractivity contribution in [3.8, 4) is 5.75 Å². The summed E-state index contributed by atoms with van der Waals surface area (Å²) in [6.45, 7) is 1.28. The van der Waals surface area contributed by atoms with E-state index in [0.717, 1.165) is 25.3 Å². The van der Waals surface area contributed by atoms with Crippen LogP contribution in [-0.2, 0) is 0 Å². The second kappa shape index (κ2) is 6.03. The van der Waals surface area contributed by atoms with Crippen LogP contribution in [0, 0.1) is 0 Å². The van der Waals surface area contributed by atoms with Gasteiger partial charge in [0.05, 0.1) is 0 Å². The summed E-state index contributed by atoms with van der Waals surface area (Å²) in [5.74, 6) is -0.662. The lowest BCUT2D eigenvalue weighted by molar-refractivity contribution is -0.274. The van der Waals surface area contributed by atoms with E-state index < -0.39 is 12.1 Å². The van der Waals surface area contributed by atoms with Crippen LogP contribution >= 0.6 is 15.9 Å². The minimum absolute atomic E-state index is 0.195. The normalized spacial score (nSPS) is 16.1. The second-order valence-electron chi connectivity index (χ2n) is 4.58. The van der Waals surface area contributed by atoms with Crippen molar-refractivity contribution in [1.29, 1.82) is 0 Å². The van der Waals surface area contributed by atoms with Gasteiger partial charge in [-0.1, -0.05) is 15.9 Å². The fourth-order valence-corrected chi connectivity index (χ4v) is 2.63. The maximum absolute atomic E-state index is 12.2. The lowest BCUT2D eigenvalue weighted by Gasteiger charge is -2.27. The van der Waals surface area contributed by atoms with E-state index in [2.05, 4.69) is 20.7 Å². The average molecular weight is 352 g/mol. The molecule has 1 aliphatic rings. The number of hydrogen-bond acceptors (Lipinski definition) is 2. The summed E-state index contributed by atoms with van der Waals surface area (Å²) >= 11 is 3.09. The summed E-state index contributed by atoms with van der Waals surface area (Å²) in [5, 5.41) is 0. The first-order valence-electron chi connectivity index (χ1n) is 6.21. The van der Waals surface area contributed by atoms with Crippen LogP contribution in [0.5, 0.6) is 5.75 Å². The Morgan fingerprint density at radius 1 is 1.15 bits per heavy atom. The molecule has 1 fully saturated rings. The number of carbonyl (C=O) groups excluding carboxylic acids is 1. The molecular formula is C13H13BrF3NO2. The van der Waals surface area contributed by atoms with Crippen LogP contribution in [0.2, 0.25) is 0 Å². The molecule has 0 atom stereocenters. The number of alkyl halides is 3. The molecule has 1 aromatic carbocycles. The molecule has 0 N–H and O–H groups in total. The number of hydrogen-bond donors (Lipinski definition) is 0. The molecular weight excluding hydrogens is 339 g/mol. The Balaban J connectivity index is 2.20. The Kier molecular flexibility index (Phi) is 4.57. The third-order valence-corrected chi connectivity index (χ3v) is 3.45. The molecule has 0 radical (unpaired) electrons. The summed E-state index contributed by atoms with van der Waals surface area (Å²) < 4.78 is 40.9. The smallest absolute Gasteiger partial charge is 0.406 e. The van der Waals surface area contributed by atoms with Crippen LogP contribution in [0.25, 0.3) is 0 Å². The molecule has 1 aromatic rings. The van der Waals surface area contributed by atoms with E-state index >= 15 is 0 Å².